The van der Waals surface area contributed by atoms with Gasteiger partial charge in [0.15, 0.2) is 6.29 Å². The van der Waals surface area contributed by atoms with Crippen molar-refractivity contribution in [3.8, 4) is 0 Å². The number of methoxy groups -OCH3 is 1. The molecule has 33 heavy (non-hydrogen) atoms. The zero-order valence-electron chi connectivity index (χ0n) is 17.9. The van der Waals surface area contributed by atoms with Crippen LogP contribution in [0.2, 0.25) is 0 Å². The average Bonchev–Trinajstić information content (AvgIpc) is 2.81. The molecule has 2 aromatic carbocycles. The van der Waals surface area contributed by atoms with Crippen LogP contribution in [0.1, 0.15) is 15.9 Å². The molecule has 11 nitrogen and oxygen atoms in total. The maximum absolute atomic E-state index is 12.6. The molecular formula is C21H24N4O7S. The van der Waals surface area contributed by atoms with Crippen LogP contribution in [-0.4, -0.2) is 63.7 Å². The number of hydrogen-bond donors (Lipinski definition) is 2. The Hall–Kier alpha value is -2.99. The Morgan fingerprint density at radius 1 is 1.21 bits per heavy atom. The highest BCUT2D eigenvalue weighted by atomic mass is 32.2. The number of ether oxygens (including phenoxy) is 2. The number of aryl methyl sites for hydroxylation is 1. The summed E-state index contributed by atoms with van der Waals surface area (Å²) in [6.07, 6.45) is -3.84. The second-order valence-corrected chi connectivity index (χ2v) is 9.00. The van der Waals surface area contributed by atoms with Crippen LogP contribution < -0.4 is 5.32 Å². The van der Waals surface area contributed by atoms with Crippen molar-refractivity contribution in [1.29, 1.82) is 0 Å². The van der Waals surface area contributed by atoms with Crippen LogP contribution in [-0.2, 0) is 23.8 Å². The summed E-state index contributed by atoms with van der Waals surface area (Å²) in [5.74, 6) is -0.492. The third-order valence-electron chi connectivity index (χ3n) is 5.15. The normalized spacial score (nSPS) is 25.1. The number of benzene rings is 2. The topological polar surface area (TPSA) is 160 Å². The molecule has 176 valence electrons. The minimum absolute atomic E-state index is 0.0544. The van der Waals surface area contributed by atoms with Crippen molar-refractivity contribution in [3.63, 3.8) is 0 Å². The summed E-state index contributed by atoms with van der Waals surface area (Å²) < 4.78 is 41.0. The maximum Gasteiger partial charge on any atom is 0.297 e. The largest absolute Gasteiger partial charge is 0.390 e. The Bertz CT molecular complexity index is 1110. The lowest BCUT2D eigenvalue weighted by Crippen LogP contribution is -2.64. The molecule has 0 saturated carbocycles. The van der Waals surface area contributed by atoms with E-state index < -0.39 is 53.2 Å². The fourth-order valence-electron chi connectivity index (χ4n) is 3.38. The van der Waals surface area contributed by atoms with Gasteiger partial charge >= 0.3 is 0 Å². The van der Waals surface area contributed by atoms with Gasteiger partial charge in [-0.2, -0.15) is 8.42 Å². The average molecular weight is 477 g/mol. The lowest BCUT2D eigenvalue weighted by molar-refractivity contribution is -0.234. The van der Waals surface area contributed by atoms with Gasteiger partial charge in [0.25, 0.3) is 16.0 Å². The Morgan fingerprint density at radius 3 is 2.48 bits per heavy atom. The van der Waals surface area contributed by atoms with Crippen LogP contribution in [0.3, 0.4) is 0 Å². The molecule has 0 aliphatic carbocycles. The Balaban J connectivity index is 1.76. The van der Waals surface area contributed by atoms with E-state index in [1.165, 1.54) is 19.2 Å². The number of hydrogen-bond acceptors (Lipinski definition) is 8. The van der Waals surface area contributed by atoms with E-state index in [1.807, 2.05) is 6.92 Å². The molecule has 0 bridgehead atoms. The van der Waals surface area contributed by atoms with E-state index in [1.54, 1.807) is 42.5 Å². The first-order valence-electron chi connectivity index (χ1n) is 9.99. The van der Waals surface area contributed by atoms with Gasteiger partial charge in [-0.3, -0.25) is 8.98 Å². The lowest BCUT2D eigenvalue weighted by atomic mass is 9.94. The third kappa shape index (κ3) is 5.88. The molecule has 0 aromatic heterocycles. The molecule has 0 unspecified atom stereocenters. The van der Waals surface area contributed by atoms with Gasteiger partial charge in [-0.15, -0.1) is 0 Å². The summed E-state index contributed by atoms with van der Waals surface area (Å²) in [5, 5.41) is 17.0. The van der Waals surface area contributed by atoms with Gasteiger partial charge in [0.1, 0.15) is 6.10 Å². The maximum atomic E-state index is 12.6. The number of rotatable bonds is 8. The SMILES string of the molecule is CO[C@@H]1O[C@H](COS(=O)(=O)c2ccc(C)cc2)[C@@H](O)[C@H](N=[N+]=[N-])[C@H]1NC(=O)c1ccccc1. The summed E-state index contributed by atoms with van der Waals surface area (Å²) >= 11 is 0. The molecule has 1 amide bonds. The van der Waals surface area contributed by atoms with E-state index in [-0.39, 0.29) is 4.90 Å². The first-order chi connectivity index (χ1) is 15.8. The number of nitrogens with one attached hydrogen (secondary N) is 1. The molecule has 0 radical (unpaired) electrons. The smallest absolute Gasteiger partial charge is 0.297 e. The quantitative estimate of drug-likeness (QED) is 0.255. The monoisotopic (exact) mass is 476 g/mol. The molecule has 1 saturated heterocycles. The number of nitrogens with zero attached hydrogens (tertiary/aromatic N) is 3. The van der Waals surface area contributed by atoms with Gasteiger partial charge in [-0.05, 0) is 36.7 Å². The second-order valence-electron chi connectivity index (χ2n) is 7.38. The van der Waals surface area contributed by atoms with Gasteiger partial charge in [-0.25, -0.2) is 0 Å². The first-order valence-corrected chi connectivity index (χ1v) is 11.4. The molecule has 3 rings (SSSR count). The number of amides is 1. The predicted molar refractivity (Wildman–Crippen MR) is 117 cm³/mol. The van der Waals surface area contributed by atoms with Gasteiger partial charge in [0.05, 0.1) is 29.7 Å². The van der Waals surface area contributed by atoms with Crippen molar-refractivity contribution in [3.05, 3.63) is 76.2 Å². The summed E-state index contributed by atoms with van der Waals surface area (Å²) in [4.78, 5) is 15.3. The van der Waals surface area contributed by atoms with E-state index in [2.05, 4.69) is 15.3 Å². The molecular weight excluding hydrogens is 452 g/mol. The van der Waals surface area contributed by atoms with Gasteiger partial charge in [-0.1, -0.05) is 41.0 Å². The summed E-state index contributed by atoms with van der Waals surface area (Å²) in [6, 6.07) is 12.1. The summed E-state index contributed by atoms with van der Waals surface area (Å²) in [5.41, 5.74) is 10.2. The molecule has 12 heteroatoms. The van der Waals surface area contributed by atoms with E-state index in [9.17, 15) is 18.3 Å². The highest BCUT2D eigenvalue weighted by molar-refractivity contribution is 7.86. The standard InChI is InChI=1S/C21H24N4O7S/c1-13-8-10-15(11-9-13)33(28,29)31-12-16-19(26)17(24-25-22)18(21(30-2)32-16)23-20(27)14-6-4-3-5-7-14/h3-11,16-19,21,26H,12H2,1-2H3,(H,23,27)/t16-,17-,18-,19-,21-/m1/s1. The number of azide groups is 1. The predicted octanol–water partition coefficient (Wildman–Crippen LogP) is 1.91. The number of aliphatic hydroxyl groups excluding tert-OH is 1. The number of carbonyl (C=O) groups is 1. The zero-order valence-corrected chi connectivity index (χ0v) is 18.8. The van der Waals surface area contributed by atoms with Gasteiger partial charge in [0, 0.05) is 17.6 Å². The fraction of sp³-hybridized carbons (Fsp3) is 0.381. The third-order valence-corrected chi connectivity index (χ3v) is 6.44. The lowest BCUT2D eigenvalue weighted by Gasteiger charge is -2.42. The van der Waals surface area contributed by atoms with E-state index in [0.717, 1.165) is 5.56 Å². The first kappa shape index (κ1) is 24.6. The van der Waals surface area contributed by atoms with Crippen LogP contribution in [0.15, 0.2) is 64.6 Å². The summed E-state index contributed by atoms with van der Waals surface area (Å²) in [6.45, 7) is 1.26. The molecule has 2 aromatic rings. The van der Waals surface area contributed by atoms with Crippen molar-refractivity contribution in [2.75, 3.05) is 13.7 Å². The molecule has 1 aliphatic heterocycles. The number of aliphatic hydroxyl groups is 1. The van der Waals surface area contributed by atoms with Crippen molar-refractivity contribution in [2.45, 2.75) is 42.4 Å². The highest BCUT2D eigenvalue weighted by Crippen LogP contribution is 2.26. The van der Waals surface area contributed by atoms with Crippen molar-refractivity contribution in [2.24, 2.45) is 5.11 Å². The molecule has 0 spiro atoms. The van der Waals surface area contributed by atoms with Crippen molar-refractivity contribution >= 4 is 16.0 Å². The number of carbonyl (C=O) groups excluding carboxylic acids is 1. The van der Waals surface area contributed by atoms with E-state index in [0.29, 0.717) is 5.56 Å². The minimum Gasteiger partial charge on any atom is -0.390 e. The van der Waals surface area contributed by atoms with E-state index in [4.69, 9.17) is 19.2 Å². The summed E-state index contributed by atoms with van der Waals surface area (Å²) in [7, 11) is -2.82. The molecule has 1 aliphatic rings. The molecule has 1 fully saturated rings. The fourth-order valence-corrected chi connectivity index (χ4v) is 4.30. The van der Waals surface area contributed by atoms with Crippen LogP contribution >= 0.6 is 0 Å². The van der Waals surface area contributed by atoms with Crippen LogP contribution in [0.5, 0.6) is 0 Å². The van der Waals surface area contributed by atoms with Gasteiger partial charge < -0.3 is 19.9 Å². The van der Waals surface area contributed by atoms with Crippen molar-refractivity contribution < 1.29 is 32.0 Å². The zero-order chi connectivity index (χ0) is 24.0. The van der Waals surface area contributed by atoms with Gasteiger partial charge in [0.2, 0.25) is 0 Å². The molecule has 2 N–H and O–H groups in total. The second kappa shape index (κ2) is 10.8. The Kier molecular flexibility index (Phi) is 8.03. The Labute approximate surface area is 191 Å². The Morgan fingerprint density at radius 2 is 1.88 bits per heavy atom. The molecule has 1 heterocycles. The molecule has 5 atom stereocenters. The minimum atomic E-state index is -4.13. The van der Waals surface area contributed by atoms with Crippen molar-refractivity contribution in [1.82, 2.24) is 5.32 Å². The van der Waals surface area contributed by atoms with E-state index >= 15 is 0 Å². The van der Waals surface area contributed by atoms with Crippen LogP contribution in [0, 0.1) is 6.92 Å². The highest BCUT2D eigenvalue weighted by Gasteiger charge is 2.46. The van der Waals surface area contributed by atoms with Crippen LogP contribution in [0.25, 0.3) is 10.4 Å². The van der Waals surface area contributed by atoms with Crippen LogP contribution in [0.4, 0.5) is 0 Å².